The Hall–Kier alpha value is -2.82. The van der Waals surface area contributed by atoms with Crippen LogP contribution in [0.2, 0.25) is 0 Å². The van der Waals surface area contributed by atoms with Gasteiger partial charge in [0.15, 0.2) is 0 Å². The minimum atomic E-state index is -0.141. The van der Waals surface area contributed by atoms with E-state index in [4.69, 9.17) is 4.42 Å². The summed E-state index contributed by atoms with van der Waals surface area (Å²) in [6.07, 6.45) is 6.59. The molecule has 21 heavy (non-hydrogen) atoms. The summed E-state index contributed by atoms with van der Waals surface area (Å²) >= 11 is 0. The summed E-state index contributed by atoms with van der Waals surface area (Å²) in [7, 11) is 0. The molecule has 5 nitrogen and oxygen atoms in total. The van der Waals surface area contributed by atoms with Gasteiger partial charge >= 0.3 is 0 Å². The van der Waals surface area contributed by atoms with Crippen LogP contribution in [-0.4, -0.2) is 15.7 Å². The van der Waals surface area contributed by atoms with Crippen LogP contribution in [0.1, 0.15) is 21.5 Å². The van der Waals surface area contributed by atoms with Gasteiger partial charge in [0, 0.05) is 18.9 Å². The molecular weight excluding hydrogens is 266 g/mol. The number of furan rings is 1. The fourth-order valence-corrected chi connectivity index (χ4v) is 2.12. The molecule has 0 spiro atoms. The SMILES string of the molecule is O=C(NCc1ccccc1Cn1cccn1)c1ccoc1. The zero-order valence-electron chi connectivity index (χ0n) is 11.4. The minimum absolute atomic E-state index is 0.141. The van der Waals surface area contributed by atoms with Crippen molar-refractivity contribution >= 4 is 5.91 Å². The summed E-state index contributed by atoms with van der Waals surface area (Å²) in [6, 6.07) is 11.5. The molecule has 2 heterocycles. The van der Waals surface area contributed by atoms with Crippen molar-refractivity contribution in [1.82, 2.24) is 15.1 Å². The Labute approximate surface area is 122 Å². The maximum atomic E-state index is 11.9. The van der Waals surface area contributed by atoms with Crippen LogP contribution < -0.4 is 5.32 Å². The maximum Gasteiger partial charge on any atom is 0.254 e. The molecule has 1 N–H and O–H groups in total. The zero-order chi connectivity index (χ0) is 14.5. The van der Waals surface area contributed by atoms with E-state index in [9.17, 15) is 4.79 Å². The van der Waals surface area contributed by atoms with Crippen LogP contribution in [0.15, 0.2) is 65.7 Å². The Morgan fingerprint density at radius 2 is 2.05 bits per heavy atom. The molecular formula is C16H15N3O2. The van der Waals surface area contributed by atoms with E-state index in [1.807, 2.05) is 41.2 Å². The highest BCUT2D eigenvalue weighted by molar-refractivity contribution is 5.93. The minimum Gasteiger partial charge on any atom is -0.472 e. The fourth-order valence-electron chi connectivity index (χ4n) is 2.12. The third kappa shape index (κ3) is 3.20. The number of amides is 1. The highest BCUT2D eigenvalue weighted by atomic mass is 16.3. The van der Waals surface area contributed by atoms with E-state index in [0.717, 1.165) is 11.1 Å². The fraction of sp³-hybridized carbons (Fsp3) is 0.125. The summed E-state index contributed by atoms with van der Waals surface area (Å²) < 4.78 is 6.77. The van der Waals surface area contributed by atoms with Crippen LogP contribution >= 0.6 is 0 Å². The van der Waals surface area contributed by atoms with E-state index in [1.54, 1.807) is 12.3 Å². The van der Waals surface area contributed by atoms with Crippen LogP contribution in [0, 0.1) is 0 Å². The van der Waals surface area contributed by atoms with Crippen LogP contribution in [0.4, 0.5) is 0 Å². The van der Waals surface area contributed by atoms with Crippen molar-refractivity contribution in [1.29, 1.82) is 0 Å². The number of nitrogens with one attached hydrogen (secondary N) is 1. The Morgan fingerprint density at radius 3 is 2.76 bits per heavy atom. The van der Waals surface area contributed by atoms with Gasteiger partial charge in [0.25, 0.3) is 5.91 Å². The Kier molecular flexibility index (Phi) is 3.82. The number of nitrogens with zero attached hydrogens (tertiary/aromatic N) is 2. The maximum absolute atomic E-state index is 11.9. The Balaban J connectivity index is 1.69. The largest absolute Gasteiger partial charge is 0.472 e. The number of hydrogen-bond acceptors (Lipinski definition) is 3. The topological polar surface area (TPSA) is 60.1 Å². The molecule has 3 rings (SSSR count). The normalized spacial score (nSPS) is 10.5. The number of benzene rings is 1. The van der Waals surface area contributed by atoms with Gasteiger partial charge in [-0.15, -0.1) is 0 Å². The van der Waals surface area contributed by atoms with E-state index in [2.05, 4.69) is 10.4 Å². The van der Waals surface area contributed by atoms with Crippen LogP contribution in [0.3, 0.4) is 0 Å². The lowest BCUT2D eigenvalue weighted by Gasteiger charge is -2.10. The van der Waals surface area contributed by atoms with Gasteiger partial charge < -0.3 is 9.73 Å². The van der Waals surface area contributed by atoms with E-state index < -0.39 is 0 Å². The third-order valence-corrected chi connectivity index (χ3v) is 3.23. The van der Waals surface area contributed by atoms with Crippen molar-refractivity contribution in [3.8, 4) is 0 Å². The molecule has 1 aromatic carbocycles. The molecule has 3 aromatic rings. The van der Waals surface area contributed by atoms with Gasteiger partial charge in [0.2, 0.25) is 0 Å². The number of hydrogen-bond donors (Lipinski definition) is 1. The number of carbonyl (C=O) groups excluding carboxylic acids is 1. The second-order valence-corrected chi connectivity index (χ2v) is 4.67. The first-order valence-electron chi connectivity index (χ1n) is 6.67. The first-order valence-corrected chi connectivity index (χ1v) is 6.67. The van der Waals surface area contributed by atoms with Crippen molar-refractivity contribution < 1.29 is 9.21 Å². The van der Waals surface area contributed by atoms with E-state index in [0.29, 0.717) is 18.7 Å². The molecule has 0 radical (unpaired) electrons. The monoisotopic (exact) mass is 281 g/mol. The highest BCUT2D eigenvalue weighted by Gasteiger charge is 2.08. The van der Waals surface area contributed by atoms with Crippen LogP contribution in [0.25, 0.3) is 0 Å². The highest BCUT2D eigenvalue weighted by Crippen LogP contribution is 2.11. The average Bonchev–Trinajstić information content (AvgIpc) is 3.19. The standard InChI is InChI=1S/C16H15N3O2/c20-16(15-6-9-21-12-15)17-10-13-4-1-2-5-14(13)11-19-8-3-7-18-19/h1-9,12H,10-11H2,(H,17,20). The van der Waals surface area contributed by atoms with Crippen LogP contribution in [-0.2, 0) is 13.1 Å². The quantitative estimate of drug-likeness (QED) is 0.781. The summed E-state index contributed by atoms with van der Waals surface area (Å²) in [6.45, 7) is 1.16. The van der Waals surface area contributed by atoms with Crippen LogP contribution in [0.5, 0.6) is 0 Å². The van der Waals surface area contributed by atoms with Crippen molar-refractivity contribution in [3.05, 3.63) is 78.0 Å². The van der Waals surface area contributed by atoms with E-state index >= 15 is 0 Å². The number of aromatic nitrogens is 2. The predicted molar refractivity (Wildman–Crippen MR) is 77.6 cm³/mol. The molecule has 5 heteroatoms. The predicted octanol–water partition coefficient (Wildman–Crippen LogP) is 2.45. The summed E-state index contributed by atoms with van der Waals surface area (Å²) in [4.78, 5) is 11.9. The second kappa shape index (κ2) is 6.09. The van der Waals surface area contributed by atoms with E-state index in [1.165, 1.54) is 12.5 Å². The summed E-state index contributed by atoms with van der Waals surface area (Å²) in [5.74, 6) is -0.141. The van der Waals surface area contributed by atoms with Crippen molar-refractivity contribution in [3.63, 3.8) is 0 Å². The molecule has 0 saturated carbocycles. The van der Waals surface area contributed by atoms with Gasteiger partial charge in [0.05, 0.1) is 18.4 Å². The van der Waals surface area contributed by atoms with Gasteiger partial charge in [-0.2, -0.15) is 5.10 Å². The molecule has 0 aliphatic heterocycles. The first-order chi connectivity index (χ1) is 10.3. The molecule has 0 atom stereocenters. The van der Waals surface area contributed by atoms with Crippen molar-refractivity contribution in [2.75, 3.05) is 0 Å². The lowest BCUT2D eigenvalue weighted by molar-refractivity contribution is 0.0950. The first kappa shape index (κ1) is 13.2. The van der Waals surface area contributed by atoms with Gasteiger partial charge in [-0.3, -0.25) is 9.48 Å². The van der Waals surface area contributed by atoms with Crippen molar-refractivity contribution in [2.24, 2.45) is 0 Å². The van der Waals surface area contributed by atoms with Crippen molar-refractivity contribution in [2.45, 2.75) is 13.1 Å². The summed E-state index contributed by atoms with van der Waals surface area (Å²) in [5, 5.41) is 7.10. The second-order valence-electron chi connectivity index (χ2n) is 4.67. The molecule has 0 aliphatic carbocycles. The molecule has 0 unspecified atom stereocenters. The molecule has 0 bridgehead atoms. The number of rotatable bonds is 5. The molecule has 1 amide bonds. The molecule has 0 fully saturated rings. The lowest BCUT2D eigenvalue weighted by atomic mass is 10.1. The smallest absolute Gasteiger partial charge is 0.254 e. The van der Waals surface area contributed by atoms with Gasteiger partial charge in [-0.25, -0.2) is 0 Å². The Morgan fingerprint density at radius 1 is 1.19 bits per heavy atom. The van der Waals surface area contributed by atoms with Gasteiger partial charge in [-0.1, -0.05) is 24.3 Å². The lowest BCUT2D eigenvalue weighted by Crippen LogP contribution is -2.23. The van der Waals surface area contributed by atoms with Gasteiger partial charge in [0.1, 0.15) is 6.26 Å². The summed E-state index contributed by atoms with van der Waals surface area (Å²) in [5.41, 5.74) is 2.73. The molecule has 106 valence electrons. The molecule has 2 aromatic heterocycles. The Bertz CT molecular complexity index is 703. The third-order valence-electron chi connectivity index (χ3n) is 3.23. The average molecular weight is 281 g/mol. The molecule has 0 aliphatic rings. The zero-order valence-corrected chi connectivity index (χ0v) is 11.4. The van der Waals surface area contributed by atoms with E-state index in [-0.39, 0.29) is 5.91 Å². The number of carbonyl (C=O) groups is 1. The molecule has 0 saturated heterocycles. The van der Waals surface area contributed by atoms with Gasteiger partial charge in [-0.05, 0) is 23.3 Å².